The average molecular weight is 392 g/mol. The van der Waals surface area contributed by atoms with E-state index in [1.165, 1.54) is 16.0 Å². The minimum absolute atomic E-state index is 0.125. The van der Waals surface area contributed by atoms with Gasteiger partial charge < -0.3 is 15.0 Å². The number of benzene rings is 2. The van der Waals surface area contributed by atoms with Crippen molar-refractivity contribution >= 4 is 28.4 Å². The van der Waals surface area contributed by atoms with Crippen molar-refractivity contribution in [3.63, 3.8) is 0 Å². The third-order valence-electron chi connectivity index (χ3n) is 5.62. The number of hydrogen-bond donors (Lipinski definition) is 2. The molecule has 2 heterocycles. The van der Waals surface area contributed by atoms with Gasteiger partial charge >= 0.3 is 0 Å². The summed E-state index contributed by atoms with van der Waals surface area (Å²) in [7, 11) is 1.66. The molecule has 0 saturated carbocycles. The van der Waals surface area contributed by atoms with E-state index in [2.05, 4.69) is 11.9 Å². The van der Waals surface area contributed by atoms with Crippen molar-refractivity contribution in [1.82, 2.24) is 4.98 Å². The van der Waals surface area contributed by atoms with E-state index in [1.807, 2.05) is 54.0 Å². The normalized spacial score (nSPS) is 16.8. The van der Waals surface area contributed by atoms with Crippen LogP contribution in [0.1, 0.15) is 24.5 Å². The Labute approximate surface area is 169 Å². The Morgan fingerprint density at radius 1 is 1.17 bits per heavy atom. The molecule has 0 aliphatic carbocycles. The Morgan fingerprint density at radius 2 is 1.97 bits per heavy atom. The highest BCUT2D eigenvalue weighted by Gasteiger charge is 2.42. The first-order chi connectivity index (χ1) is 14.1. The van der Waals surface area contributed by atoms with Crippen LogP contribution in [0.3, 0.4) is 0 Å². The predicted molar refractivity (Wildman–Crippen MR) is 112 cm³/mol. The summed E-state index contributed by atoms with van der Waals surface area (Å²) in [5, 5.41) is 3.11. The number of imide groups is 1. The average Bonchev–Trinajstić information content (AvgIpc) is 3.28. The number of H-pyrrole nitrogens is 1. The van der Waals surface area contributed by atoms with Crippen LogP contribution in [0, 0.1) is 0 Å². The highest BCUT2D eigenvalue weighted by atomic mass is 16.5. The Balaban J connectivity index is 1.40. The van der Waals surface area contributed by atoms with Crippen molar-refractivity contribution in [3.8, 4) is 5.75 Å². The molecule has 3 aromatic rings. The summed E-state index contributed by atoms with van der Waals surface area (Å²) in [6.07, 6.45) is 3.98. The number of aromatic amines is 1. The Bertz CT molecular complexity index is 1040. The van der Waals surface area contributed by atoms with Gasteiger partial charge in [0.25, 0.3) is 5.91 Å². The van der Waals surface area contributed by atoms with Crippen LogP contribution in [0.2, 0.25) is 0 Å². The fourth-order valence-electron chi connectivity index (χ4n) is 3.92. The minimum atomic E-state index is -0.354. The number of aromatic nitrogens is 1. The van der Waals surface area contributed by atoms with E-state index in [0.717, 1.165) is 36.0 Å². The van der Waals surface area contributed by atoms with Gasteiger partial charge in [0, 0.05) is 23.5 Å². The summed E-state index contributed by atoms with van der Waals surface area (Å²) in [6, 6.07) is 13.3. The Hall–Kier alpha value is -3.12. The highest BCUT2D eigenvalue weighted by molar-refractivity contribution is 6.21. The summed E-state index contributed by atoms with van der Waals surface area (Å²) >= 11 is 0. The molecule has 0 unspecified atom stereocenters. The third kappa shape index (κ3) is 3.76. The van der Waals surface area contributed by atoms with Gasteiger partial charge in [0.2, 0.25) is 5.91 Å². The first-order valence-corrected chi connectivity index (χ1v) is 10.0. The van der Waals surface area contributed by atoms with Gasteiger partial charge in [0.15, 0.2) is 6.04 Å². The number of rotatable bonds is 7. The SMILES string of the molecule is CCc1ccc(N2C(=O)C[C@@H]([NH2+]CCc3c[nH]c4ccc(OC)cc34)C2=O)cc1. The number of carbonyl (C=O) groups is 2. The molecule has 4 rings (SSSR count). The minimum Gasteiger partial charge on any atom is -0.497 e. The second-order valence-electron chi connectivity index (χ2n) is 7.40. The van der Waals surface area contributed by atoms with Crippen molar-refractivity contribution in [2.75, 3.05) is 18.6 Å². The monoisotopic (exact) mass is 392 g/mol. The zero-order chi connectivity index (χ0) is 20.4. The number of methoxy groups -OCH3 is 1. The number of aryl methyl sites for hydroxylation is 1. The van der Waals surface area contributed by atoms with Crippen molar-refractivity contribution in [1.29, 1.82) is 0 Å². The van der Waals surface area contributed by atoms with Crippen LogP contribution < -0.4 is 15.0 Å². The molecule has 0 spiro atoms. The maximum atomic E-state index is 12.8. The number of nitrogens with one attached hydrogen (secondary N) is 1. The van der Waals surface area contributed by atoms with Crippen LogP contribution in [0.15, 0.2) is 48.7 Å². The van der Waals surface area contributed by atoms with Crippen molar-refractivity contribution in [3.05, 3.63) is 59.8 Å². The molecule has 0 bridgehead atoms. The molecule has 1 aliphatic rings. The molecule has 150 valence electrons. The van der Waals surface area contributed by atoms with Gasteiger partial charge in [-0.05, 0) is 47.9 Å². The summed E-state index contributed by atoms with van der Waals surface area (Å²) in [5.74, 6) is 0.570. The molecule has 1 atom stereocenters. The quantitative estimate of drug-likeness (QED) is 0.605. The summed E-state index contributed by atoms with van der Waals surface area (Å²) in [6.45, 7) is 2.81. The number of fused-ring (bicyclic) bond motifs is 1. The van der Waals surface area contributed by atoms with Crippen molar-refractivity contribution in [2.24, 2.45) is 0 Å². The van der Waals surface area contributed by atoms with Gasteiger partial charge in [-0.2, -0.15) is 0 Å². The summed E-state index contributed by atoms with van der Waals surface area (Å²) in [5.41, 5.74) is 4.09. The van der Waals surface area contributed by atoms with Crippen LogP contribution in [0.25, 0.3) is 10.9 Å². The standard InChI is InChI=1S/C23H25N3O3/c1-3-15-4-6-17(7-5-15)26-22(27)13-21(23(26)28)24-11-10-16-14-25-20-9-8-18(29-2)12-19(16)20/h4-9,12,14,21,24-25H,3,10-11,13H2,1-2H3/p+1/t21-/m1/s1. The van der Waals surface area contributed by atoms with Crippen molar-refractivity contribution < 1.29 is 19.6 Å². The lowest BCUT2D eigenvalue weighted by molar-refractivity contribution is -0.674. The predicted octanol–water partition coefficient (Wildman–Crippen LogP) is 2.18. The van der Waals surface area contributed by atoms with Crippen molar-refractivity contribution in [2.45, 2.75) is 32.2 Å². The number of nitrogens with zero attached hydrogens (tertiary/aromatic N) is 1. The smallest absolute Gasteiger partial charge is 0.292 e. The number of anilines is 1. The van der Waals surface area contributed by atoms with Gasteiger partial charge in [-0.3, -0.25) is 9.59 Å². The zero-order valence-corrected chi connectivity index (χ0v) is 16.8. The zero-order valence-electron chi connectivity index (χ0n) is 16.8. The van der Waals surface area contributed by atoms with Gasteiger partial charge in [0.1, 0.15) is 5.75 Å². The van der Waals surface area contributed by atoms with E-state index in [9.17, 15) is 9.59 Å². The van der Waals surface area contributed by atoms with Crippen LogP contribution in [-0.4, -0.2) is 36.5 Å². The van der Waals surface area contributed by atoms with E-state index in [0.29, 0.717) is 5.69 Å². The molecule has 1 saturated heterocycles. The summed E-state index contributed by atoms with van der Waals surface area (Å²) < 4.78 is 5.32. The van der Waals surface area contributed by atoms with Crippen LogP contribution >= 0.6 is 0 Å². The number of carbonyl (C=O) groups excluding carboxylic acids is 2. The molecule has 1 fully saturated rings. The molecule has 3 N–H and O–H groups in total. The summed E-state index contributed by atoms with van der Waals surface area (Å²) in [4.78, 5) is 29.9. The van der Waals surface area contributed by atoms with Gasteiger partial charge in [0.05, 0.1) is 25.8 Å². The van der Waals surface area contributed by atoms with Gasteiger partial charge in [-0.25, -0.2) is 4.90 Å². The molecule has 0 radical (unpaired) electrons. The lowest BCUT2D eigenvalue weighted by Gasteiger charge is -2.14. The van der Waals surface area contributed by atoms with E-state index in [-0.39, 0.29) is 24.3 Å². The van der Waals surface area contributed by atoms with Crippen LogP contribution in [0.4, 0.5) is 5.69 Å². The first-order valence-electron chi connectivity index (χ1n) is 10.0. The molecular weight excluding hydrogens is 366 g/mol. The topological polar surface area (TPSA) is 79.0 Å². The highest BCUT2D eigenvalue weighted by Crippen LogP contribution is 2.24. The van der Waals surface area contributed by atoms with E-state index in [4.69, 9.17) is 4.74 Å². The molecule has 1 aliphatic heterocycles. The van der Waals surface area contributed by atoms with Gasteiger partial charge in [-0.15, -0.1) is 0 Å². The van der Waals surface area contributed by atoms with E-state index < -0.39 is 0 Å². The second-order valence-corrected chi connectivity index (χ2v) is 7.40. The lowest BCUT2D eigenvalue weighted by atomic mass is 10.1. The fourth-order valence-corrected chi connectivity index (χ4v) is 3.92. The molecule has 1 aromatic heterocycles. The maximum absolute atomic E-state index is 12.8. The van der Waals surface area contributed by atoms with Crippen LogP contribution in [0.5, 0.6) is 5.75 Å². The Morgan fingerprint density at radius 3 is 2.69 bits per heavy atom. The number of ether oxygens (including phenoxy) is 1. The van der Waals surface area contributed by atoms with Gasteiger partial charge in [-0.1, -0.05) is 19.1 Å². The van der Waals surface area contributed by atoms with E-state index in [1.54, 1.807) is 7.11 Å². The van der Waals surface area contributed by atoms with E-state index >= 15 is 0 Å². The lowest BCUT2D eigenvalue weighted by Crippen LogP contribution is -2.92. The molecule has 6 nitrogen and oxygen atoms in total. The molecule has 6 heteroatoms. The number of quaternary nitrogens is 1. The molecule has 2 aromatic carbocycles. The number of hydrogen-bond acceptors (Lipinski definition) is 3. The second kappa shape index (κ2) is 8.09. The third-order valence-corrected chi connectivity index (χ3v) is 5.62. The number of nitrogens with two attached hydrogens (primary N) is 1. The molecule has 29 heavy (non-hydrogen) atoms. The number of amides is 2. The molecule has 2 amide bonds. The fraction of sp³-hybridized carbons (Fsp3) is 0.304. The molecular formula is C23H26N3O3+. The largest absolute Gasteiger partial charge is 0.497 e. The maximum Gasteiger partial charge on any atom is 0.292 e. The Kier molecular flexibility index (Phi) is 5.36. The first kappa shape index (κ1) is 19.2. The van der Waals surface area contributed by atoms with Crippen LogP contribution in [-0.2, 0) is 22.4 Å².